The second-order valence-electron chi connectivity index (χ2n) is 15.8. The van der Waals surface area contributed by atoms with Crippen LogP contribution in [0.1, 0.15) is 50.8 Å². The molecule has 47 heavy (non-hydrogen) atoms. The lowest BCUT2D eigenvalue weighted by molar-refractivity contribution is 0.327. The summed E-state index contributed by atoms with van der Waals surface area (Å²) in [4.78, 5) is 5.61. The Kier molecular flexibility index (Phi) is 5.03. The van der Waals surface area contributed by atoms with Gasteiger partial charge in [0, 0.05) is 26.9 Å². The summed E-state index contributed by atoms with van der Waals surface area (Å²) in [5.41, 5.74) is 18.6. The maximum absolute atomic E-state index is 4.04. The van der Waals surface area contributed by atoms with Crippen LogP contribution in [0.15, 0.2) is 119 Å². The van der Waals surface area contributed by atoms with Crippen LogP contribution in [-0.4, -0.2) is 19.5 Å². The molecule has 7 aliphatic rings. The van der Waals surface area contributed by atoms with Crippen molar-refractivity contribution in [3.8, 4) is 0 Å². The third-order valence-electron chi connectivity index (χ3n) is 13.0. The van der Waals surface area contributed by atoms with Crippen LogP contribution < -0.4 is 31.7 Å². The van der Waals surface area contributed by atoms with Gasteiger partial charge < -0.3 is 9.80 Å². The Bertz CT molecular complexity index is 2240. The third kappa shape index (κ3) is 3.08. The zero-order chi connectivity index (χ0) is 31.6. The summed E-state index contributed by atoms with van der Waals surface area (Å²) in [6.07, 6.45) is 15.4. The second kappa shape index (κ2) is 8.74. The molecule has 2 nitrogen and oxygen atoms in total. The zero-order valence-electron chi connectivity index (χ0n) is 27.3. The van der Waals surface area contributed by atoms with Gasteiger partial charge in [-0.05, 0) is 45.3 Å². The molecule has 5 aliphatic heterocycles. The Morgan fingerprint density at radius 1 is 0.723 bits per heavy atom. The summed E-state index contributed by atoms with van der Waals surface area (Å²) in [6, 6.07) is 28.6. The van der Waals surface area contributed by atoms with Crippen molar-refractivity contribution >= 4 is 79.6 Å². The number of anilines is 5. The second-order valence-corrected chi connectivity index (χ2v) is 16.7. The molecule has 4 aromatic rings. The van der Waals surface area contributed by atoms with Crippen LogP contribution in [0.3, 0.4) is 0 Å². The van der Waals surface area contributed by atoms with E-state index in [1.165, 1.54) is 71.5 Å². The number of benzene rings is 4. The lowest BCUT2D eigenvalue weighted by Crippen LogP contribution is -2.65. The minimum atomic E-state index is -0.136. The number of hydrogen-bond donors (Lipinski definition) is 0. The molecule has 0 aromatic heterocycles. The highest BCUT2D eigenvalue weighted by Crippen LogP contribution is 2.67. The highest BCUT2D eigenvalue weighted by molar-refractivity contribution is 9.11. The first-order valence-corrected chi connectivity index (χ1v) is 18.1. The van der Waals surface area contributed by atoms with Crippen LogP contribution in [0.5, 0.6) is 0 Å². The van der Waals surface area contributed by atoms with E-state index in [2.05, 4.69) is 163 Å². The van der Waals surface area contributed by atoms with E-state index in [9.17, 15) is 0 Å². The summed E-state index contributed by atoms with van der Waals surface area (Å²) in [7, 11) is 0. The fourth-order valence-electron chi connectivity index (χ4n) is 10.9. The molecule has 11 rings (SSSR count). The lowest BCUT2D eigenvalue weighted by Gasteiger charge is -2.62. The van der Waals surface area contributed by atoms with Crippen molar-refractivity contribution < 1.29 is 0 Å². The Morgan fingerprint density at radius 2 is 1.49 bits per heavy atom. The Balaban J connectivity index is 1.33. The first kappa shape index (κ1) is 27.0. The van der Waals surface area contributed by atoms with Crippen LogP contribution >= 0.6 is 15.9 Å². The number of hydrogen-bond acceptors (Lipinski definition) is 2. The third-order valence-corrected chi connectivity index (χ3v) is 13.4. The van der Waals surface area contributed by atoms with Crippen molar-refractivity contribution in [2.45, 2.75) is 56.8 Å². The molecule has 0 bridgehead atoms. The topological polar surface area (TPSA) is 6.48 Å². The molecule has 0 N–H and O–H groups in total. The summed E-state index contributed by atoms with van der Waals surface area (Å²) < 4.78 is 1.23. The standard InChI is InChI=1S/C42H35B2BrN2/c1-41(2)27-16-11-17-31-35(27)46-37-28(41)18-21-33-40(37)47-36-30(22-26(45)23-34(36)44(33)25-14-9-6-10-15-25)42(3,4)29-19-20-32(39(46)38(29)47)43(31)24-12-7-5-8-13-24/h5-14,16-23,25,30,36H,15H2,1-4H3. The van der Waals surface area contributed by atoms with Crippen molar-refractivity contribution in [2.75, 3.05) is 9.80 Å². The van der Waals surface area contributed by atoms with E-state index in [1.54, 1.807) is 5.47 Å². The molecule has 0 saturated heterocycles. The molecule has 226 valence electrons. The zero-order valence-corrected chi connectivity index (χ0v) is 28.8. The molecule has 5 heterocycles. The molecule has 3 unspecified atom stereocenters. The fraction of sp³-hybridized carbons (Fsp3) is 0.238. The van der Waals surface area contributed by atoms with Gasteiger partial charge in [-0.25, -0.2) is 0 Å². The first-order chi connectivity index (χ1) is 22.8. The Morgan fingerprint density at radius 3 is 2.30 bits per heavy atom. The Hall–Kier alpha value is -3.95. The van der Waals surface area contributed by atoms with E-state index >= 15 is 0 Å². The number of allylic oxidation sites excluding steroid dienone is 6. The molecular formula is C42H35B2BrN2. The van der Waals surface area contributed by atoms with Gasteiger partial charge in [-0.2, -0.15) is 0 Å². The lowest BCUT2D eigenvalue weighted by atomic mass is 9.28. The predicted molar refractivity (Wildman–Crippen MR) is 204 cm³/mol. The molecule has 0 radical (unpaired) electrons. The van der Waals surface area contributed by atoms with Crippen molar-refractivity contribution in [3.05, 3.63) is 136 Å². The largest absolute Gasteiger partial charge is 0.331 e. The smallest absolute Gasteiger partial charge is 0.246 e. The molecule has 0 fully saturated rings. The fourth-order valence-corrected chi connectivity index (χ4v) is 11.4. The summed E-state index contributed by atoms with van der Waals surface area (Å²) in [5, 5.41) is 0. The molecular weight excluding hydrogens is 634 g/mol. The Labute approximate surface area is 286 Å². The molecule has 4 aromatic carbocycles. The number of rotatable bonds is 2. The van der Waals surface area contributed by atoms with Crippen molar-refractivity contribution in [3.63, 3.8) is 0 Å². The van der Waals surface area contributed by atoms with Gasteiger partial charge in [0.2, 0.25) is 13.4 Å². The van der Waals surface area contributed by atoms with Crippen molar-refractivity contribution in [1.82, 2.24) is 0 Å². The van der Waals surface area contributed by atoms with Crippen molar-refractivity contribution in [1.29, 1.82) is 0 Å². The van der Waals surface area contributed by atoms with Crippen molar-refractivity contribution in [2.24, 2.45) is 5.92 Å². The molecule has 3 atom stereocenters. The van der Waals surface area contributed by atoms with Crippen LogP contribution in [0, 0.1) is 5.92 Å². The van der Waals surface area contributed by atoms with Gasteiger partial charge >= 0.3 is 0 Å². The van der Waals surface area contributed by atoms with Gasteiger partial charge in [0.25, 0.3) is 0 Å². The normalized spacial score (nSPS) is 25.1. The summed E-state index contributed by atoms with van der Waals surface area (Å²) in [6.45, 7) is 10.4. The molecule has 2 aliphatic carbocycles. The van der Waals surface area contributed by atoms with Crippen LogP contribution in [-0.2, 0) is 10.8 Å². The van der Waals surface area contributed by atoms with E-state index in [1.807, 2.05) is 0 Å². The van der Waals surface area contributed by atoms with E-state index in [-0.39, 0.29) is 23.6 Å². The van der Waals surface area contributed by atoms with Gasteiger partial charge in [0.05, 0.1) is 28.8 Å². The van der Waals surface area contributed by atoms with Gasteiger partial charge in [-0.3, -0.25) is 0 Å². The molecule has 0 spiro atoms. The first-order valence-electron chi connectivity index (χ1n) is 17.3. The average Bonchev–Trinajstić information content (AvgIpc) is 3.08. The SMILES string of the molecule is CC1(C)c2cccc3c2N2c4c1ccc1c4N4c5c(ccc(c52)B3c2ccccc2)C(C)(C)C2C=C(Br)C=C(B1C1C=CC=CC1)C24. The van der Waals surface area contributed by atoms with Crippen LogP contribution in [0.4, 0.5) is 28.4 Å². The highest BCUT2D eigenvalue weighted by Gasteiger charge is 2.60. The van der Waals surface area contributed by atoms with E-state index < -0.39 is 0 Å². The number of halogens is 1. The highest BCUT2D eigenvalue weighted by atomic mass is 79.9. The van der Waals surface area contributed by atoms with E-state index in [0.717, 1.165) is 6.42 Å². The molecule has 5 heteroatoms. The number of para-hydroxylation sites is 1. The van der Waals surface area contributed by atoms with Gasteiger partial charge in [0.1, 0.15) is 0 Å². The maximum atomic E-state index is 4.04. The quantitative estimate of drug-likeness (QED) is 0.178. The van der Waals surface area contributed by atoms with Gasteiger partial charge in [-0.15, -0.1) is 0 Å². The minimum Gasteiger partial charge on any atom is -0.331 e. The monoisotopic (exact) mass is 668 g/mol. The van der Waals surface area contributed by atoms with E-state index in [4.69, 9.17) is 0 Å². The number of nitrogens with zero attached hydrogens (tertiary/aromatic N) is 2. The maximum Gasteiger partial charge on any atom is 0.246 e. The van der Waals surface area contributed by atoms with Gasteiger partial charge in [0.15, 0.2) is 0 Å². The summed E-state index contributed by atoms with van der Waals surface area (Å²) in [5.74, 6) is 0.777. The average molecular weight is 669 g/mol. The minimum absolute atomic E-state index is 0.0549. The predicted octanol–water partition coefficient (Wildman–Crippen LogP) is 7.71. The molecule has 0 saturated carbocycles. The van der Waals surface area contributed by atoms with E-state index in [0.29, 0.717) is 18.4 Å². The molecule has 0 amide bonds. The van der Waals surface area contributed by atoms with Gasteiger partial charge in [-0.1, -0.05) is 164 Å². The van der Waals surface area contributed by atoms with Crippen LogP contribution in [0.25, 0.3) is 0 Å². The summed E-state index contributed by atoms with van der Waals surface area (Å²) >= 11 is 4.04. The van der Waals surface area contributed by atoms with Crippen LogP contribution in [0.2, 0.25) is 5.82 Å².